The molecule has 8 heteroatoms. The van der Waals surface area contributed by atoms with E-state index in [0.29, 0.717) is 39.4 Å². The maximum atomic E-state index is 12.7. The first-order valence-electron chi connectivity index (χ1n) is 10.0. The summed E-state index contributed by atoms with van der Waals surface area (Å²) in [4.78, 5) is 12.7. The summed E-state index contributed by atoms with van der Waals surface area (Å²) >= 11 is 15.5. The third kappa shape index (κ3) is 7.13. The first-order valence-corrected chi connectivity index (χ1v) is 11.6. The Morgan fingerprint density at radius 1 is 1.09 bits per heavy atom. The van der Waals surface area contributed by atoms with Crippen LogP contribution in [0.1, 0.15) is 11.1 Å². The lowest BCUT2D eigenvalue weighted by Gasteiger charge is -2.10. The van der Waals surface area contributed by atoms with Crippen LogP contribution in [0.15, 0.2) is 83.4 Å². The zero-order chi connectivity index (χ0) is 24.5. The zero-order valence-electron chi connectivity index (χ0n) is 17.9. The van der Waals surface area contributed by atoms with Crippen molar-refractivity contribution in [1.82, 2.24) is 0 Å². The molecule has 172 valence electrons. The van der Waals surface area contributed by atoms with E-state index >= 15 is 0 Å². The van der Waals surface area contributed by atoms with Crippen LogP contribution in [0.5, 0.6) is 11.5 Å². The second kappa shape index (κ2) is 12.3. The minimum Gasteiger partial charge on any atom is -0.489 e. The molecule has 34 heavy (non-hydrogen) atoms. The molecule has 0 aromatic heterocycles. The lowest BCUT2D eigenvalue weighted by atomic mass is 10.1. The fraction of sp³-hybridized carbons (Fsp3) is 0.0769. The van der Waals surface area contributed by atoms with Crippen LogP contribution >= 0.6 is 39.1 Å². The Morgan fingerprint density at radius 3 is 2.53 bits per heavy atom. The van der Waals surface area contributed by atoms with E-state index in [1.54, 1.807) is 60.7 Å². The van der Waals surface area contributed by atoms with Gasteiger partial charge in [0.15, 0.2) is 0 Å². The van der Waals surface area contributed by atoms with Gasteiger partial charge in [-0.1, -0.05) is 57.9 Å². The maximum Gasteiger partial charge on any atom is 0.266 e. The summed E-state index contributed by atoms with van der Waals surface area (Å²) in [6, 6.07) is 19.3. The third-order valence-electron chi connectivity index (χ3n) is 4.52. The number of nitrogens with one attached hydrogen (secondary N) is 1. The number of rotatable bonds is 9. The molecular formula is C26H19BrCl2N2O3. The molecule has 0 unspecified atom stereocenters. The smallest absolute Gasteiger partial charge is 0.266 e. The number of benzene rings is 3. The van der Waals surface area contributed by atoms with Crippen molar-refractivity contribution in [2.24, 2.45) is 0 Å². The van der Waals surface area contributed by atoms with Crippen LogP contribution in [0.4, 0.5) is 5.69 Å². The average molecular weight is 558 g/mol. The van der Waals surface area contributed by atoms with Crippen LogP contribution < -0.4 is 14.8 Å². The van der Waals surface area contributed by atoms with Gasteiger partial charge in [0, 0.05) is 31.3 Å². The van der Waals surface area contributed by atoms with E-state index in [-0.39, 0.29) is 12.2 Å². The molecule has 0 fully saturated rings. The number of ether oxygens (including phenoxy) is 2. The van der Waals surface area contributed by atoms with Crippen LogP contribution in [-0.2, 0) is 11.4 Å². The lowest BCUT2D eigenvalue weighted by Crippen LogP contribution is -2.13. The van der Waals surface area contributed by atoms with E-state index in [9.17, 15) is 10.1 Å². The largest absolute Gasteiger partial charge is 0.489 e. The highest BCUT2D eigenvalue weighted by molar-refractivity contribution is 9.10. The van der Waals surface area contributed by atoms with Gasteiger partial charge in [0.05, 0.1) is 0 Å². The number of halogens is 3. The van der Waals surface area contributed by atoms with E-state index in [4.69, 9.17) is 32.7 Å². The number of carbonyl (C=O) groups is 1. The molecule has 0 heterocycles. The van der Waals surface area contributed by atoms with Crippen molar-refractivity contribution in [3.8, 4) is 17.6 Å². The van der Waals surface area contributed by atoms with Gasteiger partial charge in [0.1, 0.15) is 36.4 Å². The number of nitrogens with zero attached hydrogens (tertiary/aromatic N) is 1. The summed E-state index contributed by atoms with van der Waals surface area (Å²) in [5, 5.41) is 13.3. The average Bonchev–Trinajstić information content (AvgIpc) is 2.82. The highest BCUT2D eigenvalue weighted by Crippen LogP contribution is 2.27. The van der Waals surface area contributed by atoms with Gasteiger partial charge in [-0.15, -0.1) is 0 Å². The van der Waals surface area contributed by atoms with Gasteiger partial charge >= 0.3 is 0 Å². The van der Waals surface area contributed by atoms with Gasteiger partial charge in [0.25, 0.3) is 5.91 Å². The number of hydrogen-bond donors (Lipinski definition) is 1. The molecule has 1 N–H and O–H groups in total. The van der Waals surface area contributed by atoms with Crippen molar-refractivity contribution in [3.63, 3.8) is 0 Å². The third-order valence-corrected chi connectivity index (χ3v) is 5.60. The molecule has 0 bridgehead atoms. The first-order chi connectivity index (χ1) is 16.4. The maximum absolute atomic E-state index is 12.7. The van der Waals surface area contributed by atoms with E-state index < -0.39 is 5.91 Å². The number of amides is 1. The number of carbonyl (C=O) groups excluding carboxylic acids is 1. The minimum absolute atomic E-state index is 0.0701. The van der Waals surface area contributed by atoms with Crippen LogP contribution in [-0.4, -0.2) is 12.5 Å². The van der Waals surface area contributed by atoms with Crippen LogP contribution in [0.2, 0.25) is 10.0 Å². The number of anilines is 1. The minimum atomic E-state index is -0.543. The Hall–Kier alpha value is -3.24. The number of hydrogen-bond acceptors (Lipinski definition) is 4. The molecule has 0 saturated heterocycles. The second-order valence-corrected chi connectivity index (χ2v) is 8.71. The molecule has 0 saturated carbocycles. The van der Waals surface area contributed by atoms with Gasteiger partial charge in [0.2, 0.25) is 0 Å². The fourth-order valence-electron chi connectivity index (χ4n) is 2.85. The van der Waals surface area contributed by atoms with Crippen molar-refractivity contribution in [2.75, 3.05) is 11.9 Å². The SMILES string of the molecule is C=CCOc1ccc(Br)cc1/C=C(\C#N)C(=O)Nc1ccc(OCc2ccc(Cl)cc2Cl)cc1. The van der Waals surface area contributed by atoms with E-state index in [1.807, 2.05) is 12.1 Å². The molecule has 5 nitrogen and oxygen atoms in total. The number of nitriles is 1. The molecule has 3 aromatic carbocycles. The normalized spacial score (nSPS) is 10.8. The molecule has 0 aliphatic rings. The predicted molar refractivity (Wildman–Crippen MR) is 139 cm³/mol. The summed E-state index contributed by atoms with van der Waals surface area (Å²) in [6.45, 7) is 4.20. The predicted octanol–water partition coefficient (Wildman–Crippen LogP) is 7.45. The molecule has 0 aliphatic carbocycles. The van der Waals surface area contributed by atoms with E-state index in [1.165, 1.54) is 6.08 Å². The molecule has 0 atom stereocenters. The highest BCUT2D eigenvalue weighted by Gasteiger charge is 2.12. The van der Waals surface area contributed by atoms with Crippen molar-refractivity contribution < 1.29 is 14.3 Å². The Balaban J connectivity index is 1.68. The van der Waals surface area contributed by atoms with Crippen molar-refractivity contribution in [1.29, 1.82) is 5.26 Å². The monoisotopic (exact) mass is 556 g/mol. The molecule has 1 amide bonds. The highest BCUT2D eigenvalue weighted by atomic mass is 79.9. The van der Waals surface area contributed by atoms with Gasteiger partial charge in [-0.3, -0.25) is 4.79 Å². The van der Waals surface area contributed by atoms with E-state index in [0.717, 1.165) is 10.0 Å². The van der Waals surface area contributed by atoms with Crippen LogP contribution in [0.3, 0.4) is 0 Å². The molecule has 0 spiro atoms. The Morgan fingerprint density at radius 2 is 1.85 bits per heavy atom. The van der Waals surface area contributed by atoms with E-state index in [2.05, 4.69) is 27.8 Å². The van der Waals surface area contributed by atoms with Gasteiger partial charge in [-0.2, -0.15) is 5.26 Å². The Kier molecular flexibility index (Phi) is 9.17. The van der Waals surface area contributed by atoms with Gasteiger partial charge in [-0.05, 0) is 60.7 Å². The summed E-state index contributed by atoms with van der Waals surface area (Å²) in [5.41, 5.74) is 1.84. The Labute approximate surface area is 216 Å². The molecular weight excluding hydrogens is 539 g/mol. The van der Waals surface area contributed by atoms with Gasteiger partial charge < -0.3 is 14.8 Å². The molecule has 0 aliphatic heterocycles. The molecule has 0 radical (unpaired) electrons. The summed E-state index contributed by atoms with van der Waals surface area (Å²) in [5.74, 6) is 0.586. The fourth-order valence-corrected chi connectivity index (χ4v) is 3.69. The molecule has 3 aromatic rings. The molecule has 3 rings (SSSR count). The quantitative estimate of drug-likeness (QED) is 0.168. The van der Waals surface area contributed by atoms with Crippen molar-refractivity contribution in [3.05, 3.63) is 105 Å². The standard InChI is InChI=1S/C26H19BrCl2N2O3/c1-2-11-33-25-10-4-20(27)13-18(25)12-19(15-30)26(32)31-22-6-8-23(9-7-22)34-16-17-3-5-21(28)14-24(17)29/h2-10,12-14H,1,11,16H2,(H,31,32)/b19-12+. The summed E-state index contributed by atoms with van der Waals surface area (Å²) < 4.78 is 12.1. The van der Waals surface area contributed by atoms with Crippen LogP contribution in [0, 0.1) is 11.3 Å². The second-order valence-electron chi connectivity index (χ2n) is 6.95. The van der Waals surface area contributed by atoms with Crippen molar-refractivity contribution >= 4 is 56.8 Å². The lowest BCUT2D eigenvalue weighted by molar-refractivity contribution is -0.112. The van der Waals surface area contributed by atoms with Crippen LogP contribution in [0.25, 0.3) is 6.08 Å². The van der Waals surface area contributed by atoms with Gasteiger partial charge in [-0.25, -0.2) is 0 Å². The summed E-state index contributed by atoms with van der Waals surface area (Å²) in [7, 11) is 0. The first kappa shape index (κ1) is 25.4. The Bertz CT molecular complexity index is 1270. The topological polar surface area (TPSA) is 71.3 Å². The summed E-state index contributed by atoms with van der Waals surface area (Å²) in [6.07, 6.45) is 3.09. The zero-order valence-corrected chi connectivity index (χ0v) is 21.0. The van der Waals surface area contributed by atoms with Crippen molar-refractivity contribution in [2.45, 2.75) is 6.61 Å².